The minimum absolute atomic E-state index is 0.00195. The molecule has 1 aromatic rings. The highest BCUT2D eigenvalue weighted by Gasteiger charge is 2.26. The summed E-state index contributed by atoms with van der Waals surface area (Å²) in [7, 11) is 0. The molecule has 0 atom stereocenters. The van der Waals surface area contributed by atoms with Gasteiger partial charge in [0.15, 0.2) is 0 Å². The molecule has 29 heavy (non-hydrogen) atoms. The molecule has 1 saturated carbocycles. The van der Waals surface area contributed by atoms with Gasteiger partial charge in [-0.15, -0.1) is 0 Å². The monoisotopic (exact) mass is 401 g/mol. The van der Waals surface area contributed by atoms with Gasteiger partial charge in [-0.1, -0.05) is 12.8 Å². The molecule has 0 unspecified atom stereocenters. The fourth-order valence-corrected chi connectivity index (χ4v) is 5.19. The Morgan fingerprint density at radius 1 is 1.14 bits per heavy atom. The summed E-state index contributed by atoms with van der Waals surface area (Å²) in [6.45, 7) is 6.28. The highest BCUT2D eigenvalue weighted by atomic mass is 16.5. The van der Waals surface area contributed by atoms with E-state index >= 15 is 0 Å². The van der Waals surface area contributed by atoms with E-state index in [1.54, 1.807) is 0 Å². The third kappa shape index (κ3) is 5.28. The van der Waals surface area contributed by atoms with Crippen LogP contribution in [-0.2, 0) is 11.2 Å². The van der Waals surface area contributed by atoms with E-state index in [1.807, 2.05) is 12.3 Å². The number of fused-ring (bicyclic) bond motifs is 1. The first-order valence-electron chi connectivity index (χ1n) is 11.4. The summed E-state index contributed by atoms with van der Waals surface area (Å²) >= 11 is 0. The van der Waals surface area contributed by atoms with Gasteiger partial charge in [0.2, 0.25) is 0 Å². The molecule has 4 rings (SSSR count). The van der Waals surface area contributed by atoms with Crippen LogP contribution < -0.4 is 9.64 Å². The number of pyridine rings is 1. The van der Waals surface area contributed by atoms with Gasteiger partial charge in [0.25, 0.3) is 0 Å². The number of aliphatic hydroxyl groups is 1. The van der Waals surface area contributed by atoms with Gasteiger partial charge < -0.3 is 14.7 Å². The summed E-state index contributed by atoms with van der Waals surface area (Å²) in [5.74, 6) is 3.75. The van der Waals surface area contributed by atoms with Gasteiger partial charge in [-0.3, -0.25) is 9.69 Å². The molecule has 0 amide bonds. The molecule has 2 aliphatic heterocycles. The molecule has 6 nitrogen and oxygen atoms in total. The first kappa shape index (κ1) is 20.6. The molecule has 1 aliphatic carbocycles. The summed E-state index contributed by atoms with van der Waals surface area (Å²) in [6, 6.07) is 1.99. The maximum Gasteiger partial charge on any atom is 0.135 e. The number of ketones is 1. The Kier molecular flexibility index (Phi) is 7.03. The minimum atomic E-state index is -0.00195. The van der Waals surface area contributed by atoms with E-state index < -0.39 is 0 Å². The van der Waals surface area contributed by atoms with Crippen molar-refractivity contribution in [3.05, 3.63) is 17.8 Å². The predicted octanol–water partition coefficient (Wildman–Crippen LogP) is 2.68. The molecule has 160 valence electrons. The lowest BCUT2D eigenvalue weighted by atomic mass is 9.78. The second-order valence-corrected chi connectivity index (χ2v) is 8.93. The van der Waals surface area contributed by atoms with Crippen molar-refractivity contribution in [3.8, 4) is 5.75 Å². The van der Waals surface area contributed by atoms with E-state index in [4.69, 9.17) is 9.84 Å². The number of hydrogen-bond donors (Lipinski definition) is 1. The molecule has 2 fully saturated rings. The van der Waals surface area contributed by atoms with Crippen molar-refractivity contribution in [1.82, 2.24) is 9.88 Å². The summed E-state index contributed by atoms with van der Waals surface area (Å²) in [4.78, 5) is 21.4. The molecule has 0 aromatic carbocycles. The molecule has 1 saturated heterocycles. The maximum absolute atomic E-state index is 11.7. The quantitative estimate of drug-likeness (QED) is 0.722. The number of Topliss-reactive ketones (excluding diaryl/α,β-unsaturated/α-hetero) is 1. The molecule has 0 spiro atoms. The first-order valence-corrected chi connectivity index (χ1v) is 11.4. The lowest BCUT2D eigenvalue weighted by Crippen LogP contribution is -2.47. The highest BCUT2D eigenvalue weighted by molar-refractivity contribution is 5.78. The van der Waals surface area contributed by atoms with Gasteiger partial charge in [-0.25, -0.2) is 4.98 Å². The molecule has 0 radical (unpaired) electrons. The number of piperazine rings is 1. The molecule has 3 aliphatic rings. The van der Waals surface area contributed by atoms with Gasteiger partial charge in [0.05, 0.1) is 6.61 Å². The topological polar surface area (TPSA) is 65.9 Å². The number of ether oxygens (including phenoxy) is 1. The van der Waals surface area contributed by atoms with Crippen LogP contribution in [-0.4, -0.2) is 66.7 Å². The smallest absolute Gasteiger partial charge is 0.135 e. The van der Waals surface area contributed by atoms with E-state index in [0.29, 0.717) is 18.8 Å². The summed E-state index contributed by atoms with van der Waals surface area (Å²) < 4.78 is 5.69. The van der Waals surface area contributed by atoms with Crippen molar-refractivity contribution in [2.24, 2.45) is 11.8 Å². The van der Waals surface area contributed by atoms with Crippen molar-refractivity contribution in [2.75, 3.05) is 50.8 Å². The van der Waals surface area contributed by atoms with Crippen LogP contribution in [0, 0.1) is 11.8 Å². The van der Waals surface area contributed by atoms with Gasteiger partial charge in [0.1, 0.15) is 17.4 Å². The van der Waals surface area contributed by atoms with Crippen LogP contribution in [0.2, 0.25) is 0 Å². The maximum atomic E-state index is 11.7. The molecular weight excluding hydrogens is 366 g/mol. The number of anilines is 1. The molecular formula is C23H35N3O3. The van der Waals surface area contributed by atoms with Crippen LogP contribution in [0.4, 0.5) is 5.82 Å². The minimum Gasteiger partial charge on any atom is -0.493 e. The summed E-state index contributed by atoms with van der Waals surface area (Å²) in [5.41, 5.74) is 1.29. The SMILES string of the molecule is O=C(CCO)CC1CCC(CCN2CCN(c3nccc4c3CCO4)CC2)CC1. The predicted molar refractivity (Wildman–Crippen MR) is 113 cm³/mol. The Balaban J connectivity index is 1.16. The molecule has 3 heterocycles. The van der Waals surface area contributed by atoms with Crippen LogP contribution in [0.25, 0.3) is 0 Å². The standard InChI is InChI=1S/C23H35N3O3/c27-15-7-20(28)17-19-3-1-18(2-4-19)6-10-25-11-13-26(14-12-25)23-21-8-16-29-22(21)5-9-24-23/h5,9,18-19,27H,1-4,6-8,10-17H2. The molecule has 1 aromatic heterocycles. The lowest BCUT2D eigenvalue weighted by molar-refractivity contribution is -0.120. The molecule has 6 heteroatoms. The number of carbonyl (C=O) groups is 1. The third-order valence-electron chi connectivity index (χ3n) is 7.00. The van der Waals surface area contributed by atoms with Crippen LogP contribution >= 0.6 is 0 Å². The van der Waals surface area contributed by atoms with Crippen molar-refractivity contribution < 1.29 is 14.6 Å². The molecule has 1 N–H and O–H groups in total. The second-order valence-electron chi connectivity index (χ2n) is 8.93. The third-order valence-corrected chi connectivity index (χ3v) is 7.00. The zero-order chi connectivity index (χ0) is 20.1. The van der Waals surface area contributed by atoms with Gasteiger partial charge in [0, 0.05) is 63.8 Å². The largest absolute Gasteiger partial charge is 0.493 e. The summed E-state index contributed by atoms with van der Waals surface area (Å²) in [5, 5.41) is 8.89. The van der Waals surface area contributed by atoms with Crippen LogP contribution in [0.1, 0.15) is 50.5 Å². The van der Waals surface area contributed by atoms with Crippen LogP contribution in [0.5, 0.6) is 5.75 Å². The van der Waals surface area contributed by atoms with Crippen molar-refractivity contribution >= 4 is 11.6 Å². The first-order chi connectivity index (χ1) is 14.2. The van der Waals surface area contributed by atoms with E-state index in [1.165, 1.54) is 44.2 Å². The Hall–Kier alpha value is -1.66. The zero-order valence-electron chi connectivity index (χ0n) is 17.5. The van der Waals surface area contributed by atoms with E-state index in [2.05, 4.69) is 14.8 Å². The average Bonchev–Trinajstić information content (AvgIpc) is 3.23. The highest BCUT2D eigenvalue weighted by Crippen LogP contribution is 2.34. The van der Waals surface area contributed by atoms with Gasteiger partial charge in [-0.05, 0) is 43.7 Å². The van der Waals surface area contributed by atoms with Crippen LogP contribution in [0.15, 0.2) is 12.3 Å². The number of rotatable bonds is 8. The summed E-state index contributed by atoms with van der Waals surface area (Å²) in [6.07, 6.45) is 10.0. The second kappa shape index (κ2) is 9.90. The van der Waals surface area contributed by atoms with E-state index in [0.717, 1.165) is 56.7 Å². The number of hydrogen-bond acceptors (Lipinski definition) is 6. The zero-order valence-corrected chi connectivity index (χ0v) is 17.5. The Labute approximate surface area is 174 Å². The Morgan fingerprint density at radius 2 is 1.90 bits per heavy atom. The Morgan fingerprint density at radius 3 is 2.66 bits per heavy atom. The number of nitrogens with zero attached hydrogens (tertiary/aromatic N) is 3. The average molecular weight is 402 g/mol. The van der Waals surface area contributed by atoms with Crippen molar-refractivity contribution in [2.45, 2.75) is 51.4 Å². The number of carbonyl (C=O) groups excluding carboxylic acids is 1. The number of aliphatic hydroxyl groups excluding tert-OH is 1. The van der Waals surface area contributed by atoms with Gasteiger partial charge >= 0.3 is 0 Å². The van der Waals surface area contributed by atoms with Crippen molar-refractivity contribution in [3.63, 3.8) is 0 Å². The van der Waals surface area contributed by atoms with Gasteiger partial charge in [-0.2, -0.15) is 0 Å². The van der Waals surface area contributed by atoms with Crippen molar-refractivity contribution in [1.29, 1.82) is 0 Å². The normalized spacial score (nSPS) is 24.9. The fourth-order valence-electron chi connectivity index (χ4n) is 5.19. The van der Waals surface area contributed by atoms with E-state index in [9.17, 15) is 4.79 Å². The fraction of sp³-hybridized carbons (Fsp3) is 0.739. The lowest BCUT2D eigenvalue weighted by Gasteiger charge is -2.37. The number of aromatic nitrogens is 1. The Bertz CT molecular complexity index is 680. The van der Waals surface area contributed by atoms with Crippen LogP contribution in [0.3, 0.4) is 0 Å². The molecule has 0 bridgehead atoms. The van der Waals surface area contributed by atoms with E-state index in [-0.39, 0.29) is 12.4 Å².